The normalized spacial score (nSPS) is 10.8. The molecule has 0 atom stereocenters. The highest BCUT2D eigenvalue weighted by Gasteiger charge is 2.09. The summed E-state index contributed by atoms with van der Waals surface area (Å²) in [5.41, 5.74) is 1.89. The zero-order chi connectivity index (χ0) is 14.5. The van der Waals surface area contributed by atoms with Gasteiger partial charge in [-0.15, -0.1) is 0 Å². The van der Waals surface area contributed by atoms with Crippen molar-refractivity contribution in [3.05, 3.63) is 64.1 Å². The minimum absolute atomic E-state index is 0.0570. The molecule has 0 spiro atoms. The predicted molar refractivity (Wildman–Crippen MR) is 81.1 cm³/mol. The SMILES string of the molecule is Cc1c(OCc2ccccc2)c(=O)ccn1CC(C)C. The van der Waals surface area contributed by atoms with Gasteiger partial charge in [0.25, 0.3) is 0 Å². The summed E-state index contributed by atoms with van der Waals surface area (Å²) in [6.45, 7) is 7.55. The highest BCUT2D eigenvalue weighted by molar-refractivity contribution is 5.28. The lowest BCUT2D eigenvalue weighted by Crippen LogP contribution is -2.16. The molecule has 2 rings (SSSR count). The molecule has 1 aromatic heterocycles. The van der Waals surface area contributed by atoms with E-state index in [-0.39, 0.29) is 5.43 Å². The molecule has 1 heterocycles. The second-order valence-corrected chi connectivity index (χ2v) is 5.42. The molecule has 3 heteroatoms. The van der Waals surface area contributed by atoms with Crippen LogP contribution < -0.4 is 10.2 Å². The molecule has 0 amide bonds. The number of benzene rings is 1. The molecular weight excluding hydrogens is 250 g/mol. The molecule has 20 heavy (non-hydrogen) atoms. The molecule has 0 aliphatic carbocycles. The van der Waals surface area contributed by atoms with Crippen LogP contribution in [0.5, 0.6) is 5.75 Å². The molecule has 106 valence electrons. The summed E-state index contributed by atoms with van der Waals surface area (Å²) in [4.78, 5) is 12.0. The van der Waals surface area contributed by atoms with Crippen molar-refractivity contribution in [2.24, 2.45) is 5.92 Å². The number of rotatable bonds is 5. The smallest absolute Gasteiger partial charge is 0.223 e. The minimum Gasteiger partial charge on any atom is -0.483 e. The average Bonchev–Trinajstić information content (AvgIpc) is 2.43. The summed E-state index contributed by atoms with van der Waals surface area (Å²) in [6, 6.07) is 11.5. The van der Waals surface area contributed by atoms with Gasteiger partial charge in [-0.2, -0.15) is 0 Å². The summed E-state index contributed by atoms with van der Waals surface area (Å²) in [5, 5.41) is 0. The molecule has 3 nitrogen and oxygen atoms in total. The van der Waals surface area contributed by atoms with Crippen LogP contribution in [0, 0.1) is 12.8 Å². The van der Waals surface area contributed by atoms with Gasteiger partial charge >= 0.3 is 0 Å². The Morgan fingerprint density at radius 3 is 2.50 bits per heavy atom. The number of hydrogen-bond donors (Lipinski definition) is 0. The van der Waals surface area contributed by atoms with Crippen LogP contribution in [0.25, 0.3) is 0 Å². The predicted octanol–water partition coefficient (Wildman–Crippen LogP) is 3.39. The van der Waals surface area contributed by atoms with Crippen molar-refractivity contribution in [3.8, 4) is 5.75 Å². The Labute approximate surface area is 119 Å². The van der Waals surface area contributed by atoms with E-state index < -0.39 is 0 Å². The number of hydrogen-bond acceptors (Lipinski definition) is 2. The standard InChI is InChI=1S/C17H21NO2/c1-13(2)11-18-10-9-16(19)17(14(18)3)20-12-15-7-5-4-6-8-15/h4-10,13H,11-12H2,1-3H3. The Balaban J connectivity index is 2.20. The first-order valence-electron chi connectivity index (χ1n) is 6.94. The van der Waals surface area contributed by atoms with Crippen molar-refractivity contribution in [2.75, 3.05) is 0 Å². The van der Waals surface area contributed by atoms with Crippen LogP contribution in [0.4, 0.5) is 0 Å². The molecule has 0 aliphatic heterocycles. The Hall–Kier alpha value is -2.03. The quantitative estimate of drug-likeness (QED) is 0.834. The van der Waals surface area contributed by atoms with Crippen LogP contribution in [0.1, 0.15) is 25.1 Å². The van der Waals surface area contributed by atoms with E-state index >= 15 is 0 Å². The molecule has 0 bridgehead atoms. The second kappa shape index (κ2) is 6.42. The Morgan fingerprint density at radius 2 is 1.85 bits per heavy atom. The lowest BCUT2D eigenvalue weighted by atomic mass is 10.2. The van der Waals surface area contributed by atoms with Gasteiger partial charge in [-0.05, 0) is 18.4 Å². The Bertz CT molecular complexity index is 615. The summed E-state index contributed by atoms with van der Waals surface area (Å²) in [6.07, 6.45) is 1.84. The van der Waals surface area contributed by atoms with E-state index in [0.717, 1.165) is 17.8 Å². The van der Waals surface area contributed by atoms with Crippen LogP contribution in [0.15, 0.2) is 47.4 Å². The third-order valence-electron chi connectivity index (χ3n) is 3.18. The Morgan fingerprint density at radius 1 is 1.15 bits per heavy atom. The van der Waals surface area contributed by atoms with Crippen LogP contribution in [-0.4, -0.2) is 4.57 Å². The van der Waals surface area contributed by atoms with Gasteiger partial charge < -0.3 is 9.30 Å². The molecule has 1 aromatic carbocycles. The van der Waals surface area contributed by atoms with Crippen molar-refractivity contribution in [3.63, 3.8) is 0 Å². The third-order valence-corrected chi connectivity index (χ3v) is 3.18. The van der Waals surface area contributed by atoms with Crippen LogP contribution >= 0.6 is 0 Å². The van der Waals surface area contributed by atoms with Crippen molar-refractivity contribution in [1.82, 2.24) is 4.57 Å². The fraction of sp³-hybridized carbons (Fsp3) is 0.353. The van der Waals surface area contributed by atoms with E-state index in [1.807, 2.05) is 43.5 Å². The molecular formula is C17H21NO2. The maximum absolute atomic E-state index is 12.0. The Kier molecular flexibility index (Phi) is 4.61. The van der Waals surface area contributed by atoms with Crippen LogP contribution in [0.3, 0.4) is 0 Å². The molecule has 0 saturated carbocycles. The van der Waals surface area contributed by atoms with E-state index in [1.54, 1.807) is 6.07 Å². The topological polar surface area (TPSA) is 31.2 Å². The van der Waals surface area contributed by atoms with E-state index in [9.17, 15) is 4.79 Å². The van der Waals surface area contributed by atoms with Crippen molar-refractivity contribution in [1.29, 1.82) is 0 Å². The van der Waals surface area contributed by atoms with Crippen LogP contribution in [-0.2, 0) is 13.2 Å². The zero-order valence-corrected chi connectivity index (χ0v) is 12.3. The van der Waals surface area contributed by atoms with E-state index in [2.05, 4.69) is 18.4 Å². The largest absolute Gasteiger partial charge is 0.483 e. The lowest BCUT2D eigenvalue weighted by Gasteiger charge is -2.16. The van der Waals surface area contributed by atoms with Crippen molar-refractivity contribution in [2.45, 2.75) is 33.9 Å². The highest BCUT2D eigenvalue weighted by Crippen LogP contribution is 2.15. The van der Waals surface area contributed by atoms with E-state index in [1.165, 1.54) is 0 Å². The molecule has 0 aliphatic rings. The summed E-state index contributed by atoms with van der Waals surface area (Å²) in [5.74, 6) is 0.982. The van der Waals surface area contributed by atoms with E-state index in [0.29, 0.717) is 18.3 Å². The minimum atomic E-state index is -0.0570. The van der Waals surface area contributed by atoms with Gasteiger partial charge in [-0.25, -0.2) is 0 Å². The maximum atomic E-state index is 12.0. The van der Waals surface area contributed by atoms with Crippen molar-refractivity contribution >= 4 is 0 Å². The first-order chi connectivity index (χ1) is 9.58. The van der Waals surface area contributed by atoms with Gasteiger partial charge in [0.2, 0.25) is 5.43 Å². The van der Waals surface area contributed by atoms with Gasteiger partial charge in [-0.3, -0.25) is 4.79 Å². The lowest BCUT2D eigenvalue weighted by molar-refractivity contribution is 0.296. The second-order valence-electron chi connectivity index (χ2n) is 5.42. The van der Waals surface area contributed by atoms with Gasteiger partial charge in [0, 0.05) is 18.8 Å². The molecule has 0 radical (unpaired) electrons. The molecule has 0 unspecified atom stereocenters. The summed E-state index contributed by atoms with van der Waals surface area (Å²) < 4.78 is 7.82. The fourth-order valence-electron chi connectivity index (χ4n) is 2.15. The molecule has 0 saturated heterocycles. The monoisotopic (exact) mass is 271 g/mol. The summed E-state index contributed by atoms with van der Waals surface area (Å²) in [7, 11) is 0. The van der Waals surface area contributed by atoms with E-state index in [4.69, 9.17) is 4.74 Å². The maximum Gasteiger partial charge on any atom is 0.223 e. The first kappa shape index (κ1) is 14.4. The molecule has 2 aromatic rings. The molecule has 0 fully saturated rings. The fourth-order valence-corrected chi connectivity index (χ4v) is 2.15. The first-order valence-corrected chi connectivity index (χ1v) is 6.94. The highest BCUT2D eigenvalue weighted by atomic mass is 16.5. The number of ether oxygens (including phenoxy) is 1. The molecule has 0 N–H and O–H groups in total. The number of aromatic nitrogens is 1. The average molecular weight is 271 g/mol. The zero-order valence-electron chi connectivity index (χ0n) is 12.3. The van der Waals surface area contributed by atoms with Crippen molar-refractivity contribution < 1.29 is 4.74 Å². The van der Waals surface area contributed by atoms with Gasteiger partial charge in [0.1, 0.15) is 6.61 Å². The third kappa shape index (κ3) is 3.50. The number of nitrogens with zero attached hydrogens (tertiary/aromatic N) is 1. The van der Waals surface area contributed by atoms with Crippen LogP contribution in [0.2, 0.25) is 0 Å². The summed E-state index contributed by atoms with van der Waals surface area (Å²) >= 11 is 0. The number of pyridine rings is 1. The van der Waals surface area contributed by atoms with Gasteiger partial charge in [0.15, 0.2) is 5.75 Å². The van der Waals surface area contributed by atoms with Gasteiger partial charge in [-0.1, -0.05) is 44.2 Å². The van der Waals surface area contributed by atoms with Gasteiger partial charge in [0.05, 0.1) is 5.69 Å².